The van der Waals surface area contributed by atoms with Crippen LogP contribution < -0.4 is 20.7 Å². The zero-order chi connectivity index (χ0) is 23.1. The molecule has 0 aliphatic carbocycles. The van der Waals surface area contributed by atoms with Crippen molar-refractivity contribution in [3.63, 3.8) is 0 Å². The van der Waals surface area contributed by atoms with Gasteiger partial charge in [0.05, 0.1) is 19.6 Å². The Labute approximate surface area is 189 Å². The van der Waals surface area contributed by atoms with Crippen molar-refractivity contribution in [2.45, 2.75) is 19.4 Å². The molecule has 3 rings (SSSR count). The third kappa shape index (κ3) is 6.61. The van der Waals surface area contributed by atoms with Gasteiger partial charge in [-0.15, -0.1) is 0 Å². The molecule has 8 nitrogen and oxygen atoms in total. The smallest absolute Gasteiger partial charge is 0.305 e. The van der Waals surface area contributed by atoms with Crippen LogP contribution in [-0.2, 0) is 4.79 Å². The Hall–Kier alpha value is -3.79. The van der Waals surface area contributed by atoms with E-state index in [4.69, 9.17) is 17.0 Å². The number of ether oxygens (including phenoxy) is 1. The van der Waals surface area contributed by atoms with Crippen LogP contribution >= 0.6 is 12.2 Å². The number of benzene rings is 2. The number of hydrogen-bond acceptors (Lipinski definition) is 6. The molecule has 0 radical (unpaired) electrons. The minimum Gasteiger partial charge on any atom is -0.497 e. The number of methoxy groups -OCH3 is 1. The highest BCUT2D eigenvalue weighted by molar-refractivity contribution is 7.80. The first-order chi connectivity index (χ1) is 15.3. The van der Waals surface area contributed by atoms with Gasteiger partial charge in [-0.05, 0) is 61.1 Å². The van der Waals surface area contributed by atoms with E-state index >= 15 is 0 Å². The van der Waals surface area contributed by atoms with Crippen LogP contribution in [0.2, 0.25) is 0 Å². The van der Waals surface area contributed by atoms with Gasteiger partial charge < -0.3 is 25.8 Å². The third-order valence-electron chi connectivity index (χ3n) is 4.38. The summed E-state index contributed by atoms with van der Waals surface area (Å²) in [5.74, 6) is 0.0130. The van der Waals surface area contributed by atoms with E-state index in [1.807, 2.05) is 0 Å². The molecule has 1 heterocycles. The van der Waals surface area contributed by atoms with Crippen molar-refractivity contribution in [1.29, 1.82) is 0 Å². The van der Waals surface area contributed by atoms with Crippen LogP contribution in [0.3, 0.4) is 0 Å². The minimum absolute atomic E-state index is 0.164. The second-order valence-corrected chi connectivity index (χ2v) is 7.28. The van der Waals surface area contributed by atoms with Crippen LogP contribution in [0.15, 0.2) is 54.6 Å². The van der Waals surface area contributed by atoms with Gasteiger partial charge in [-0.25, -0.2) is 9.37 Å². The molecular weight excluding hydrogens is 433 g/mol. The van der Waals surface area contributed by atoms with Gasteiger partial charge in [-0.1, -0.05) is 12.1 Å². The number of rotatable bonds is 8. The highest BCUT2D eigenvalue weighted by Crippen LogP contribution is 2.22. The standard InChI is InChI=1S/C22H22FN5O3S/c1-13-10-19(25-16-8-6-15(23)7-9-16)27-21(24-13)28-22(32)26-18(12-20(29)30)14-4-3-5-17(11-14)31-2/h3-11,18H,12H2,1-2H3,(H,29,30)(H3,24,25,26,27,28,32)/t18-/m0/s1. The molecule has 0 amide bonds. The average molecular weight is 456 g/mol. The van der Waals surface area contributed by atoms with Crippen molar-refractivity contribution < 1.29 is 19.0 Å². The number of aryl methyl sites for hydroxylation is 1. The molecular formula is C22H22FN5O3S. The first-order valence-corrected chi connectivity index (χ1v) is 10.0. The number of aromatic nitrogens is 2. The molecule has 32 heavy (non-hydrogen) atoms. The quantitative estimate of drug-likeness (QED) is 0.372. The molecule has 1 aromatic heterocycles. The van der Waals surface area contributed by atoms with Crippen LogP contribution in [0.25, 0.3) is 0 Å². The van der Waals surface area contributed by atoms with Crippen molar-refractivity contribution in [2.75, 3.05) is 17.7 Å². The molecule has 4 N–H and O–H groups in total. The Morgan fingerprint density at radius 2 is 1.94 bits per heavy atom. The second-order valence-electron chi connectivity index (χ2n) is 6.88. The molecule has 0 aliphatic rings. The second kappa shape index (κ2) is 10.5. The van der Waals surface area contributed by atoms with Crippen LogP contribution in [0.5, 0.6) is 5.75 Å². The van der Waals surface area contributed by atoms with E-state index in [1.165, 1.54) is 19.2 Å². The maximum Gasteiger partial charge on any atom is 0.305 e. The Morgan fingerprint density at radius 3 is 2.62 bits per heavy atom. The number of carboxylic acid groups (broad SMARTS) is 1. The SMILES string of the molecule is COc1cccc([C@H](CC(=O)O)NC(=S)Nc2nc(C)cc(Nc3ccc(F)cc3)n2)c1. The normalized spacial score (nSPS) is 11.3. The van der Waals surface area contributed by atoms with Crippen LogP contribution in [0.1, 0.15) is 23.7 Å². The number of thiocarbonyl (C=S) groups is 1. The van der Waals surface area contributed by atoms with E-state index < -0.39 is 12.0 Å². The number of nitrogens with zero attached hydrogens (tertiary/aromatic N) is 2. The number of carboxylic acids is 1. The zero-order valence-corrected chi connectivity index (χ0v) is 18.2. The van der Waals surface area contributed by atoms with Crippen LogP contribution in [0, 0.1) is 12.7 Å². The fourth-order valence-corrected chi connectivity index (χ4v) is 3.18. The molecule has 3 aromatic rings. The third-order valence-corrected chi connectivity index (χ3v) is 4.60. The molecule has 0 spiro atoms. The van der Waals surface area contributed by atoms with Gasteiger partial charge in [0, 0.05) is 17.4 Å². The van der Waals surface area contributed by atoms with Gasteiger partial charge in [0.2, 0.25) is 5.95 Å². The lowest BCUT2D eigenvalue weighted by molar-refractivity contribution is -0.137. The molecule has 0 bridgehead atoms. The minimum atomic E-state index is -0.981. The fourth-order valence-electron chi connectivity index (χ4n) is 2.95. The molecule has 1 atom stereocenters. The lowest BCUT2D eigenvalue weighted by atomic mass is 10.0. The predicted molar refractivity (Wildman–Crippen MR) is 124 cm³/mol. The largest absolute Gasteiger partial charge is 0.497 e. The summed E-state index contributed by atoms with van der Waals surface area (Å²) in [6.45, 7) is 1.79. The van der Waals surface area contributed by atoms with E-state index in [0.29, 0.717) is 28.5 Å². The van der Waals surface area contributed by atoms with Gasteiger partial charge >= 0.3 is 5.97 Å². The summed E-state index contributed by atoms with van der Waals surface area (Å²) < 4.78 is 18.3. The molecule has 0 fully saturated rings. The maximum absolute atomic E-state index is 13.1. The van der Waals surface area contributed by atoms with E-state index in [9.17, 15) is 14.3 Å². The van der Waals surface area contributed by atoms with Gasteiger partial charge in [0.15, 0.2) is 5.11 Å². The predicted octanol–water partition coefficient (Wildman–Crippen LogP) is 4.18. The molecule has 166 valence electrons. The van der Waals surface area contributed by atoms with Gasteiger partial charge in [0.1, 0.15) is 17.4 Å². The number of aliphatic carboxylic acids is 1. The topological polar surface area (TPSA) is 108 Å². The Balaban J connectivity index is 1.73. The average Bonchev–Trinajstić information content (AvgIpc) is 2.74. The van der Waals surface area contributed by atoms with Crippen LogP contribution in [-0.4, -0.2) is 33.3 Å². The van der Waals surface area contributed by atoms with Crippen LogP contribution in [0.4, 0.5) is 21.8 Å². The Bertz CT molecular complexity index is 1110. The van der Waals surface area contributed by atoms with Crippen molar-refractivity contribution in [3.05, 3.63) is 71.7 Å². The molecule has 0 saturated heterocycles. The molecule has 0 saturated carbocycles. The summed E-state index contributed by atoms with van der Waals surface area (Å²) in [5.41, 5.74) is 2.04. The summed E-state index contributed by atoms with van der Waals surface area (Å²) >= 11 is 5.37. The van der Waals surface area contributed by atoms with Gasteiger partial charge in [-0.3, -0.25) is 4.79 Å². The molecule has 2 aromatic carbocycles. The lowest BCUT2D eigenvalue weighted by Gasteiger charge is -2.20. The number of hydrogen-bond donors (Lipinski definition) is 4. The molecule has 10 heteroatoms. The van der Waals surface area contributed by atoms with E-state index in [-0.39, 0.29) is 23.3 Å². The van der Waals surface area contributed by atoms with Gasteiger partial charge in [-0.2, -0.15) is 4.98 Å². The Kier molecular flexibility index (Phi) is 7.50. The highest BCUT2D eigenvalue weighted by Gasteiger charge is 2.18. The van der Waals surface area contributed by atoms with Gasteiger partial charge in [0.25, 0.3) is 0 Å². The van der Waals surface area contributed by atoms with Crippen molar-refractivity contribution >= 4 is 40.8 Å². The first-order valence-electron chi connectivity index (χ1n) is 9.64. The molecule has 0 aliphatic heterocycles. The maximum atomic E-state index is 13.1. The summed E-state index contributed by atoms with van der Waals surface area (Å²) in [6, 6.07) is 14.1. The summed E-state index contributed by atoms with van der Waals surface area (Å²) in [6.07, 6.45) is -0.193. The van der Waals surface area contributed by atoms with E-state index in [2.05, 4.69) is 25.9 Å². The van der Waals surface area contributed by atoms with E-state index in [1.54, 1.807) is 49.4 Å². The number of anilines is 3. The summed E-state index contributed by atoms with van der Waals surface area (Å²) in [7, 11) is 1.54. The number of nitrogens with one attached hydrogen (secondary N) is 3. The summed E-state index contributed by atoms with van der Waals surface area (Å²) in [5, 5.41) is 18.5. The van der Waals surface area contributed by atoms with Crippen molar-refractivity contribution in [3.8, 4) is 5.75 Å². The first kappa shape index (κ1) is 22.9. The fraction of sp³-hybridized carbons (Fsp3) is 0.182. The highest BCUT2D eigenvalue weighted by atomic mass is 32.1. The number of carbonyl (C=O) groups is 1. The zero-order valence-electron chi connectivity index (χ0n) is 17.4. The van der Waals surface area contributed by atoms with Crippen molar-refractivity contribution in [1.82, 2.24) is 15.3 Å². The van der Waals surface area contributed by atoms with E-state index in [0.717, 1.165) is 0 Å². The monoisotopic (exact) mass is 455 g/mol. The summed E-state index contributed by atoms with van der Waals surface area (Å²) in [4.78, 5) is 20.1. The molecule has 0 unspecified atom stereocenters. The lowest BCUT2D eigenvalue weighted by Crippen LogP contribution is -2.34. The van der Waals surface area contributed by atoms with Crippen molar-refractivity contribution in [2.24, 2.45) is 0 Å². The number of halogens is 1. The Morgan fingerprint density at radius 1 is 1.19 bits per heavy atom.